The summed E-state index contributed by atoms with van der Waals surface area (Å²) in [5.41, 5.74) is -0.187. The highest BCUT2D eigenvalue weighted by atomic mass is 16.5. The van der Waals surface area contributed by atoms with Gasteiger partial charge >= 0.3 is 5.97 Å². The topological polar surface area (TPSA) is 55.4 Å². The summed E-state index contributed by atoms with van der Waals surface area (Å²) in [6.45, 7) is 2.09. The summed E-state index contributed by atoms with van der Waals surface area (Å²) >= 11 is 0. The van der Waals surface area contributed by atoms with E-state index in [9.17, 15) is 9.59 Å². The van der Waals surface area contributed by atoms with Crippen LogP contribution in [0.15, 0.2) is 0 Å². The molecule has 0 aromatic carbocycles. The van der Waals surface area contributed by atoms with Crippen molar-refractivity contribution in [3.63, 3.8) is 0 Å². The van der Waals surface area contributed by atoms with Crippen molar-refractivity contribution in [2.45, 2.75) is 70.8 Å². The first-order valence-electron chi connectivity index (χ1n) is 8.95. The Balaban J connectivity index is 1.68. The lowest BCUT2D eigenvalue weighted by Gasteiger charge is -2.55. The largest absolute Gasteiger partial charge is 0.467 e. The predicted octanol–water partition coefficient (Wildman–Crippen LogP) is 3.05. The number of hydrogen-bond donors (Lipinski definition) is 1. The molecule has 4 nitrogen and oxygen atoms in total. The molecule has 124 valence electrons. The average molecular weight is 307 g/mol. The van der Waals surface area contributed by atoms with Crippen molar-refractivity contribution < 1.29 is 14.3 Å². The quantitative estimate of drug-likeness (QED) is 0.767. The van der Waals surface area contributed by atoms with Gasteiger partial charge in [0.05, 0.1) is 7.11 Å². The Morgan fingerprint density at radius 3 is 2.14 bits per heavy atom. The minimum Gasteiger partial charge on any atom is -0.467 e. The molecule has 4 aliphatic carbocycles. The van der Waals surface area contributed by atoms with Crippen LogP contribution in [-0.4, -0.2) is 25.0 Å². The number of unbranched alkanes of at least 4 members (excludes halogenated alkanes) is 1. The first-order valence-corrected chi connectivity index (χ1v) is 8.95. The number of carbonyl (C=O) groups excluding carboxylic acids is 2. The van der Waals surface area contributed by atoms with Gasteiger partial charge in [0.15, 0.2) is 0 Å². The lowest BCUT2D eigenvalue weighted by molar-refractivity contribution is -0.153. The van der Waals surface area contributed by atoms with Crippen molar-refractivity contribution in [3.8, 4) is 0 Å². The molecule has 1 amide bonds. The number of rotatable bonds is 6. The molecule has 1 atom stereocenters. The summed E-state index contributed by atoms with van der Waals surface area (Å²) in [4.78, 5) is 24.9. The SMILES string of the molecule is CCCC[C@@H](NC(=O)C12CC3CC(CC(C3)C1)C2)C(=O)OC. The van der Waals surface area contributed by atoms with Crippen LogP contribution in [0.1, 0.15) is 64.7 Å². The second-order valence-corrected chi connectivity index (χ2v) is 7.89. The van der Waals surface area contributed by atoms with Crippen LogP contribution in [0.25, 0.3) is 0 Å². The van der Waals surface area contributed by atoms with Crippen LogP contribution in [0, 0.1) is 23.2 Å². The lowest BCUT2D eigenvalue weighted by atomic mass is 9.49. The highest BCUT2D eigenvalue weighted by Crippen LogP contribution is 2.60. The van der Waals surface area contributed by atoms with Crippen LogP contribution >= 0.6 is 0 Å². The highest BCUT2D eigenvalue weighted by molar-refractivity contribution is 5.88. The average Bonchev–Trinajstić information content (AvgIpc) is 2.49. The summed E-state index contributed by atoms with van der Waals surface area (Å²) in [6, 6.07) is -0.467. The van der Waals surface area contributed by atoms with Gasteiger partial charge in [-0.05, 0) is 62.7 Å². The van der Waals surface area contributed by atoms with Crippen molar-refractivity contribution in [2.24, 2.45) is 23.2 Å². The van der Waals surface area contributed by atoms with Crippen molar-refractivity contribution in [3.05, 3.63) is 0 Å². The molecule has 0 radical (unpaired) electrons. The van der Waals surface area contributed by atoms with Crippen LogP contribution in [0.3, 0.4) is 0 Å². The molecule has 4 aliphatic rings. The number of amides is 1. The maximum atomic E-state index is 13.0. The van der Waals surface area contributed by atoms with Gasteiger partial charge in [0.2, 0.25) is 5.91 Å². The van der Waals surface area contributed by atoms with E-state index in [-0.39, 0.29) is 17.3 Å². The second-order valence-electron chi connectivity index (χ2n) is 7.89. The third-order valence-corrected chi connectivity index (χ3v) is 6.16. The van der Waals surface area contributed by atoms with E-state index >= 15 is 0 Å². The Hall–Kier alpha value is -1.06. The normalized spacial score (nSPS) is 36.9. The summed E-state index contributed by atoms with van der Waals surface area (Å²) in [5, 5.41) is 3.05. The molecule has 22 heavy (non-hydrogen) atoms. The fraction of sp³-hybridized carbons (Fsp3) is 0.889. The van der Waals surface area contributed by atoms with Crippen molar-refractivity contribution >= 4 is 11.9 Å². The van der Waals surface area contributed by atoms with Gasteiger partial charge in [-0.15, -0.1) is 0 Å². The van der Waals surface area contributed by atoms with Gasteiger partial charge < -0.3 is 10.1 Å². The maximum absolute atomic E-state index is 13.0. The third kappa shape index (κ3) is 2.89. The standard InChI is InChI=1S/C18H29NO3/c1-3-4-5-15(16(20)22-2)19-17(21)18-9-12-6-13(10-18)8-14(7-12)11-18/h12-15H,3-11H2,1-2H3,(H,19,21)/t12?,13?,14?,15-,18?/m1/s1. The molecule has 0 unspecified atom stereocenters. The first-order chi connectivity index (χ1) is 10.6. The molecule has 4 saturated carbocycles. The first kappa shape index (κ1) is 15.8. The molecule has 4 heteroatoms. The molecule has 0 aromatic heterocycles. The fourth-order valence-electron chi connectivity index (χ4n) is 5.50. The number of nitrogens with one attached hydrogen (secondary N) is 1. The number of carbonyl (C=O) groups is 2. The summed E-state index contributed by atoms with van der Waals surface area (Å²) in [7, 11) is 1.40. The van der Waals surface area contributed by atoms with Crippen LogP contribution < -0.4 is 5.32 Å². The summed E-state index contributed by atoms with van der Waals surface area (Å²) in [5.74, 6) is 2.04. The van der Waals surface area contributed by atoms with Crippen molar-refractivity contribution in [1.29, 1.82) is 0 Å². The molecule has 0 aromatic rings. The minimum atomic E-state index is -0.467. The smallest absolute Gasteiger partial charge is 0.328 e. The zero-order chi connectivity index (χ0) is 15.7. The molecular weight excluding hydrogens is 278 g/mol. The van der Waals surface area contributed by atoms with E-state index in [0.29, 0.717) is 6.42 Å². The Bertz CT molecular complexity index is 410. The zero-order valence-corrected chi connectivity index (χ0v) is 13.9. The molecule has 1 N–H and O–H groups in total. The minimum absolute atomic E-state index is 0.123. The number of hydrogen-bond acceptors (Lipinski definition) is 3. The molecular formula is C18H29NO3. The zero-order valence-electron chi connectivity index (χ0n) is 13.9. The highest BCUT2D eigenvalue weighted by Gasteiger charge is 2.54. The van der Waals surface area contributed by atoms with E-state index < -0.39 is 6.04 Å². The van der Waals surface area contributed by atoms with Gasteiger partial charge in [-0.3, -0.25) is 4.79 Å². The molecule has 4 rings (SSSR count). The fourth-order valence-corrected chi connectivity index (χ4v) is 5.50. The molecule has 4 bridgehead atoms. The van der Waals surface area contributed by atoms with Crippen LogP contribution in [0.5, 0.6) is 0 Å². The van der Waals surface area contributed by atoms with Crippen LogP contribution in [0.4, 0.5) is 0 Å². The van der Waals surface area contributed by atoms with Gasteiger partial charge in [0, 0.05) is 5.41 Å². The van der Waals surface area contributed by atoms with E-state index in [4.69, 9.17) is 4.74 Å². The van der Waals surface area contributed by atoms with E-state index in [1.54, 1.807) is 0 Å². The number of methoxy groups -OCH3 is 1. The van der Waals surface area contributed by atoms with Crippen LogP contribution in [-0.2, 0) is 14.3 Å². The summed E-state index contributed by atoms with van der Waals surface area (Å²) < 4.78 is 4.88. The molecule has 0 spiro atoms. The third-order valence-electron chi connectivity index (χ3n) is 6.16. The van der Waals surface area contributed by atoms with E-state index in [0.717, 1.165) is 49.9 Å². The van der Waals surface area contributed by atoms with Gasteiger partial charge in [-0.1, -0.05) is 19.8 Å². The second kappa shape index (κ2) is 6.21. The van der Waals surface area contributed by atoms with Gasteiger partial charge in [-0.2, -0.15) is 0 Å². The Labute approximate surface area is 133 Å². The number of ether oxygens (including phenoxy) is 1. The maximum Gasteiger partial charge on any atom is 0.328 e. The van der Waals surface area contributed by atoms with E-state index in [1.807, 2.05) is 0 Å². The predicted molar refractivity (Wildman–Crippen MR) is 84.1 cm³/mol. The molecule has 0 heterocycles. The van der Waals surface area contributed by atoms with Gasteiger partial charge in [0.1, 0.15) is 6.04 Å². The molecule has 0 aliphatic heterocycles. The summed E-state index contributed by atoms with van der Waals surface area (Å²) in [6.07, 6.45) is 9.70. The Morgan fingerprint density at radius 1 is 1.14 bits per heavy atom. The number of esters is 1. The van der Waals surface area contributed by atoms with Crippen molar-refractivity contribution in [1.82, 2.24) is 5.32 Å². The van der Waals surface area contributed by atoms with E-state index in [1.165, 1.54) is 26.4 Å². The monoisotopic (exact) mass is 307 g/mol. The lowest BCUT2D eigenvalue weighted by Crippen LogP contribution is -2.56. The Morgan fingerprint density at radius 2 is 1.68 bits per heavy atom. The van der Waals surface area contributed by atoms with Gasteiger partial charge in [0.25, 0.3) is 0 Å². The van der Waals surface area contributed by atoms with Crippen LogP contribution in [0.2, 0.25) is 0 Å². The van der Waals surface area contributed by atoms with Gasteiger partial charge in [-0.25, -0.2) is 4.79 Å². The molecule has 0 saturated heterocycles. The molecule has 4 fully saturated rings. The Kier molecular flexibility index (Phi) is 4.47. The van der Waals surface area contributed by atoms with E-state index in [2.05, 4.69) is 12.2 Å². The van der Waals surface area contributed by atoms with Crippen molar-refractivity contribution in [2.75, 3.05) is 7.11 Å².